The van der Waals surface area contributed by atoms with Crippen LogP contribution >= 0.6 is 23.4 Å². The third kappa shape index (κ3) is 5.00. The number of carbonyl (C=O) groups is 1. The van der Waals surface area contributed by atoms with Gasteiger partial charge in [0.25, 0.3) is 0 Å². The van der Waals surface area contributed by atoms with Crippen LogP contribution in [0.15, 0.2) is 59.5 Å². The molecule has 3 unspecified atom stereocenters. The molecule has 0 bridgehead atoms. The molecular weight excluding hydrogens is 352 g/mol. The van der Waals surface area contributed by atoms with Crippen molar-refractivity contribution >= 4 is 29.3 Å². The molecule has 3 atom stereocenters. The molecule has 1 amide bonds. The second-order valence-corrected chi connectivity index (χ2v) is 7.98. The molecule has 2 N–H and O–H groups in total. The van der Waals surface area contributed by atoms with Crippen LogP contribution in [-0.4, -0.2) is 24.5 Å². The summed E-state index contributed by atoms with van der Waals surface area (Å²) in [5.74, 6) is 0.0511. The van der Waals surface area contributed by atoms with Crippen molar-refractivity contribution in [1.82, 2.24) is 10.6 Å². The Morgan fingerprint density at radius 3 is 2.64 bits per heavy atom. The van der Waals surface area contributed by atoms with Gasteiger partial charge in [0.1, 0.15) is 5.25 Å². The predicted octanol–water partition coefficient (Wildman–Crippen LogP) is 4.43. The number of benzene rings is 2. The van der Waals surface area contributed by atoms with Gasteiger partial charge < -0.3 is 10.6 Å². The number of carbonyl (C=O) groups excluding carboxylic acids is 1. The number of nitrogens with one attached hydrogen (secondary N) is 2. The van der Waals surface area contributed by atoms with E-state index in [0.717, 1.165) is 29.8 Å². The Morgan fingerprint density at radius 1 is 1.20 bits per heavy atom. The Balaban J connectivity index is 1.78. The molecule has 0 radical (unpaired) electrons. The highest BCUT2D eigenvalue weighted by molar-refractivity contribution is 8.00. The van der Waals surface area contributed by atoms with Crippen molar-refractivity contribution in [3.05, 3.63) is 65.2 Å². The summed E-state index contributed by atoms with van der Waals surface area (Å²) in [4.78, 5) is 14.0. The van der Waals surface area contributed by atoms with Gasteiger partial charge in [-0.2, -0.15) is 0 Å². The highest BCUT2D eigenvalue weighted by Gasteiger charge is 2.27. The summed E-state index contributed by atoms with van der Waals surface area (Å²) in [6.07, 6.45) is 1.93. The molecule has 0 aromatic heterocycles. The van der Waals surface area contributed by atoms with E-state index in [4.69, 9.17) is 11.6 Å². The Kier molecular flexibility index (Phi) is 6.40. The molecule has 0 saturated carbocycles. The zero-order chi connectivity index (χ0) is 17.6. The smallest absolute Gasteiger partial charge is 0.238 e. The minimum absolute atomic E-state index is 0.0511. The van der Waals surface area contributed by atoms with Gasteiger partial charge in [-0.3, -0.25) is 4.79 Å². The summed E-state index contributed by atoms with van der Waals surface area (Å²) >= 11 is 7.82. The molecule has 132 valence electrons. The minimum Gasteiger partial charge on any atom is -0.352 e. The number of piperidine rings is 1. The molecule has 2 aromatic carbocycles. The standard InChI is InChI=1S/C20H23ClN2OS/c1-14-13-16(11-12-22-14)23-20(24)19(15-7-3-2-4-8-15)25-18-10-6-5-9-17(18)21/h2-10,14,16,19,22H,11-13H2,1H3,(H,23,24). The van der Waals surface area contributed by atoms with Crippen LogP contribution in [0.25, 0.3) is 0 Å². The van der Waals surface area contributed by atoms with E-state index in [1.807, 2.05) is 54.6 Å². The van der Waals surface area contributed by atoms with Crippen LogP contribution < -0.4 is 10.6 Å². The lowest BCUT2D eigenvalue weighted by molar-refractivity contribution is -0.121. The van der Waals surface area contributed by atoms with Gasteiger partial charge in [-0.15, -0.1) is 11.8 Å². The number of rotatable bonds is 5. The number of amides is 1. The molecule has 1 aliphatic rings. The highest BCUT2D eigenvalue weighted by Crippen LogP contribution is 2.39. The van der Waals surface area contributed by atoms with Gasteiger partial charge in [-0.05, 0) is 44.0 Å². The second kappa shape index (κ2) is 8.75. The van der Waals surface area contributed by atoms with Crippen molar-refractivity contribution in [3.8, 4) is 0 Å². The average Bonchev–Trinajstić information content (AvgIpc) is 2.61. The SMILES string of the molecule is CC1CC(NC(=O)C(Sc2ccccc2Cl)c2ccccc2)CCN1. The maximum atomic E-state index is 13.0. The maximum absolute atomic E-state index is 13.0. The Hall–Kier alpha value is -1.49. The van der Waals surface area contributed by atoms with Gasteiger partial charge in [0.2, 0.25) is 5.91 Å². The normalized spacial score (nSPS) is 21.5. The number of hydrogen-bond donors (Lipinski definition) is 2. The predicted molar refractivity (Wildman–Crippen MR) is 105 cm³/mol. The quantitative estimate of drug-likeness (QED) is 0.760. The van der Waals surface area contributed by atoms with Gasteiger partial charge >= 0.3 is 0 Å². The Labute approximate surface area is 158 Å². The summed E-state index contributed by atoms with van der Waals surface area (Å²) in [5.41, 5.74) is 0.993. The fourth-order valence-corrected chi connectivity index (χ4v) is 4.44. The van der Waals surface area contributed by atoms with E-state index in [2.05, 4.69) is 17.6 Å². The van der Waals surface area contributed by atoms with E-state index in [9.17, 15) is 4.79 Å². The van der Waals surface area contributed by atoms with Crippen LogP contribution in [0.4, 0.5) is 0 Å². The lowest BCUT2D eigenvalue weighted by Crippen LogP contribution is -2.47. The lowest BCUT2D eigenvalue weighted by atomic mass is 10.00. The molecule has 3 rings (SSSR count). The zero-order valence-electron chi connectivity index (χ0n) is 14.2. The van der Waals surface area contributed by atoms with E-state index in [1.165, 1.54) is 11.8 Å². The molecular formula is C20H23ClN2OS. The van der Waals surface area contributed by atoms with Gasteiger partial charge in [0.05, 0.1) is 5.02 Å². The monoisotopic (exact) mass is 374 g/mol. The molecule has 5 heteroatoms. The van der Waals surface area contributed by atoms with Crippen molar-refractivity contribution in [2.75, 3.05) is 6.54 Å². The van der Waals surface area contributed by atoms with Crippen molar-refractivity contribution < 1.29 is 4.79 Å². The van der Waals surface area contributed by atoms with Gasteiger partial charge in [0, 0.05) is 17.0 Å². The van der Waals surface area contributed by atoms with Crippen LogP contribution in [0.5, 0.6) is 0 Å². The van der Waals surface area contributed by atoms with Crippen LogP contribution in [0.2, 0.25) is 5.02 Å². The molecule has 1 heterocycles. The topological polar surface area (TPSA) is 41.1 Å². The first-order valence-electron chi connectivity index (χ1n) is 8.63. The molecule has 3 nitrogen and oxygen atoms in total. The third-order valence-electron chi connectivity index (χ3n) is 4.39. The van der Waals surface area contributed by atoms with Crippen LogP contribution in [-0.2, 0) is 4.79 Å². The van der Waals surface area contributed by atoms with Crippen molar-refractivity contribution in [1.29, 1.82) is 0 Å². The van der Waals surface area contributed by atoms with Gasteiger partial charge in [0.15, 0.2) is 0 Å². The number of thioether (sulfide) groups is 1. The van der Waals surface area contributed by atoms with Crippen LogP contribution in [0, 0.1) is 0 Å². The summed E-state index contributed by atoms with van der Waals surface area (Å²) in [7, 11) is 0. The van der Waals surface area contributed by atoms with E-state index >= 15 is 0 Å². The Bertz CT molecular complexity index is 710. The number of hydrogen-bond acceptors (Lipinski definition) is 3. The molecule has 25 heavy (non-hydrogen) atoms. The molecule has 1 saturated heterocycles. The summed E-state index contributed by atoms with van der Waals surface area (Å²) in [5, 5.41) is 7.03. The first-order valence-corrected chi connectivity index (χ1v) is 9.89. The van der Waals surface area contributed by atoms with Crippen LogP contribution in [0.3, 0.4) is 0 Å². The summed E-state index contributed by atoms with van der Waals surface area (Å²) in [6.45, 7) is 3.10. The van der Waals surface area contributed by atoms with E-state index in [-0.39, 0.29) is 17.2 Å². The molecule has 0 aliphatic carbocycles. The third-order valence-corrected chi connectivity index (χ3v) is 6.17. The lowest BCUT2D eigenvalue weighted by Gasteiger charge is -2.30. The van der Waals surface area contributed by atoms with E-state index < -0.39 is 0 Å². The van der Waals surface area contributed by atoms with Crippen LogP contribution in [0.1, 0.15) is 30.6 Å². The molecule has 0 spiro atoms. The molecule has 1 fully saturated rings. The van der Waals surface area contributed by atoms with Crippen molar-refractivity contribution in [2.45, 2.75) is 42.0 Å². The summed E-state index contributed by atoms with van der Waals surface area (Å²) < 4.78 is 0. The maximum Gasteiger partial charge on any atom is 0.238 e. The Morgan fingerprint density at radius 2 is 1.92 bits per heavy atom. The van der Waals surface area contributed by atoms with Gasteiger partial charge in [-0.1, -0.05) is 54.1 Å². The van der Waals surface area contributed by atoms with Crippen molar-refractivity contribution in [2.24, 2.45) is 0 Å². The largest absolute Gasteiger partial charge is 0.352 e. The number of halogens is 1. The molecule has 1 aliphatic heterocycles. The first-order chi connectivity index (χ1) is 12.1. The summed E-state index contributed by atoms with van der Waals surface area (Å²) in [6, 6.07) is 18.2. The van der Waals surface area contributed by atoms with E-state index in [1.54, 1.807) is 0 Å². The molecule has 2 aromatic rings. The highest BCUT2D eigenvalue weighted by atomic mass is 35.5. The van der Waals surface area contributed by atoms with Crippen molar-refractivity contribution in [3.63, 3.8) is 0 Å². The van der Waals surface area contributed by atoms with E-state index in [0.29, 0.717) is 11.1 Å². The average molecular weight is 375 g/mol. The zero-order valence-corrected chi connectivity index (χ0v) is 15.8. The fourth-order valence-electron chi connectivity index (χ4n) is 3.11. The minimum atomic E-state index is -0.314. The second-order valence-electron chi connectivity index (χ2n) is 6.42. The first kappa shape index (κ1) is 18.3. The van der Waals surface area contributed by atoms with Gasteiger partial charge in [-0.25, -0.2) is 0 Å². The fraction of sp³-hybridized carbons (Fsp3) is 0.350.